The number of alkyl carbamates (subject to hydrolysis) is 1. The smallest absolute Gasteiger partial charge is 0.414 e. The van der Waals surface area contributed by atoms with Crippen molar-refractivity contribution in [2.24, 2.45) is 0 Å². The summed E-state index contributed by atoms with van der Waals surface area (Å²) in [5.41, 5.74) is 0.890. The molecule has 3 amide bonds. The molecule has 0 spiro atoms. The summed E-state index contributed by atoms with van der Waals surface area (Å²) in [6, 6.07) is 5.47. The van der Waals surface area contributed by atoms with Crippen molar-refractivity contribution < 1.29 is 33.5 Å². The van der Waals surface area contributed by atoms with E-state index in [-0.39, 0.29) is 32.4 Å². The summed E-state index contributed by atoms with van der Waals surface area (Å²) < 4.78 is 15.2. The number of ether oxygens (including phenoxy) is 3. The van der Waals surface area contributed by atoms with E-state index >= 15 is 0 Å². The number of amides is 3. The summed E-state index contributed by atoms with van der Waals surface area (Å²) in [5, 5.41) is 4.93. The van der Waals surface area contributed by atoms with Crippen LogP contribution in [0.4, 0.5) is 4.79 Å². The fourth-order valence-corrected chi connectivity index (χ4v) is 2.41. The highest BCUT2D eigenvalue weighted by Crippen LogP contribution is 2.32. The molecule has 1 heterocycles. The van der Waals surface area contributed by atoms with E-state index in [2.05, 4.69) is 15.4 Å². The Morgan fingerprint density at radius 2 is 1.85 bits per heavy atom. The number of carbonyl (C=O) groups is 3. The molecule has 3 N–H and O–H groups in total. The van der Waals surface area contributed by atoms with Crippen molar-refractivity contribution in [3.05, 3.63) is 23.8 Å². The summed E-state index contributed by atoms with van der Waals surface area (Å²) in [5.74, 6) is 0.676. The summed E-state index contributed by atoms with van der Waals surface area (Å²) >= 11 is 0. The first-order chi connectivity index (χ1) is 12.5. The first-order valence-electron chi connectivity index (χ1n) is 8.47. The third kappa shape index (κ3) is 5.92. The molecule has 142 valence electrons. The lowest BCUT2D eigenvalue weighted by molar-refractivity contribution is -0.881. The van der Waals surface area contributed by atoms with E-state index in [0.717, 1.165) is 10.5 Å². The van der Waals surface area contributed by atoms with Gasteiger partial charge in [0.25, 0.3) is 11.8 Å². The summed E-state index contributed by atoms with van der Waals surface area (Å²) in [6.07, 6.45) is -0.778. The van der Waals surface area contributed by atoms with Gasteiger partial charge in [-0.15, -0.1) is 0 Å². The zero-order chi connectivity index (χ0) is 18.9. The second kappa shape index (κ2) is 9.62. The molecule has 0 saturated carbocycles. The minimum absolute atomic E-state index is 0.00670. The van der Waals surface area contributed by atoms with Gasteiger partial charge in [0.05, 0.1) is 13.2 Å². The number of rotatable bonds is 8. The highest BCUT2D eigenvalue weighted by atomic mass is 16.7. The van der Waals surface area contributed by atoms with Gasteiger partial charge in [-0.3, -0.25) is 14.9 Å². The number of carbonyl (C=O) groups excluding carboxylic acids is 3. The molecule has 0 aromatic heterocycles. The molecule has 1 aliphatic heterocycles. The van der Waals surface area contributed by atoms with Crippen molar-refractivity contribution in [3.8, 4) is 11.5 Å². The predicted octanol–water partition coefficient (Wildman–Crippen LogP) is -0.791. The van der Waals surface area contributed by atoms with E-state index in [4.69, 9.17) is 9.47 Å². The van der Waals surface area contributed by atoms with Gasteiger partial charge in [-0.2, -0.15) is 0 Å². The molecule has 0 aliphatic carbocycles. The van der Waals surface area contributed by atoms with Crippen molar-refractivity contribution in [1.29, 1.82) is 0 Å². The van der Waals surface area contributed by atoms with Crippen LogP contribution in [0.3, 0.4) is 0 Å². The molecule has 0 radical (unpaired) electrons. The van der Waals surface area contributed by atoms with Crippen molar-refractivity contribution >= 4 is 17.9 Å². The minimum atomic E-state index is -0.778. The van der Waals surface area contributed by atoms with Gasteiger partial charge in [-0.25, -0.2) is 4.79 Å². The Bertz CT molecular complexity index is 664. The van der Waals surface area contributed by atoms with Crippen LogP contribution >= 0.6 is 0 Å². The topological polar surface area (TPSA) is 107 Å². The fourth-order valence-electron chi connectivity index (χ4n) is 2.41. The number of quaternary nitrogens is 1. The standard InChI is InChI=1S/C17H23N3O6/c1-3-20(10-16(22)19-17(23)24-4-2)9-15(21)18-8-12-5-6-13-14(7-12)26-11-25-13/h5-7H,3-4,8-11H2,1-2H3,(H,18,21)(H,19,22,23)/p+1. The Kier molecular flexibility index (Phi) is 7.22. The van der Waals surface area contributed by atoms with Gasteiger partial charge in [0, 0.05) is 6.54 Å². The molecule has 1 aliphatic rings. The third-order valence-corrected chi connectivity index (χ3v) is 3.76. The molecular formula is C17H24N3O6+. The molecule has 1 aromatic rings. The largest absolute Gasteiger partial charge is 0.454 e. The van der Waals surface area contributed by atoms with Gasteiger partial charge in [0.2, 0.25) is 6.79 Å². The lowest BCUT2D eigenvalue weighted by Gasteiger charge is -2.16. The quantitative estimate of drug-likeness (QED) is 0.557. The zero-order valence-electron chi connectivity index (χ0n) is 14.9. The number of likely N-dealkylation sites (N-methyl/N-ethyl adjacent to an activating group) is 1. The second-order valence-corrected chi connectivity index (χ2v) is 5.69. The number of hydrogen-bond acceptors (Lipinski definition) is 6. The van der Waals surface area contributed by atoms with Crippen LogP contribution in [-0.4, -0.2) is 50.9 Å². The Hall–Kier alpha value is -2.81. The maximum Gasteiger partial charge on any atom is 0.414 e. The Morgan fingerprint density at radius 3 is 2.58 bits per heavy atom. The Morgan fingerprint density at radius 1 is 1.12 bits per heavy atom. The summed E-state index contributed by atoms with van der Waals surface area (Å²) in [7, 11) is 0. The Labute approximate surface area is 151 Å². The van der Waals surface area contributed by atoms with Crippen LogP contribution in [-0.2, 0) is 20.9 Å². The molecule has 0 saturated heterocycles. The van der Waals surface area contributed by atoms with Gasteiger partial charge < -0.3 is 24.4 Å². The van der Waals surface area contributed by atoms with E-state index in [9.17, 15) is 14.4 Å². The molecule has 2 rings (SSSR count). The molecule has 0 fully saturated rings. The third-order valence-electron chi connectivity index (χ3n) is 3.76. The second-order valence-electron chi connectivity index (χ2n) is 5.69. The van der Waals surface area contributed by atoms with Crippen molar-refractivity contribution in [3.63, 3.8) is 0 Å². The monoisotopic (exact) mass is 366 g/mol. The van der Waals surface area contributed by atoms with Crippen LogP contribution in [0.25, 0.3) is 0 Å². The number of nitrogens with one attached hydrogen (secondary N) is 3. The van der Waals surface area contributed by atoms with E-state index in [1.54, 1.807) is 13.0 Å². The van der Waals surface area contributed by atoms with Gasteiger partial charge >= 0.3 is 6.09 Å². The van der Waals surface area contributed by atoms with Crippen molar-refractivity contribution in [1.82, 2.24) is 10.6 Å². The van der Waals surface area contributed by atoms with E-state index in [1.165, 1.54) is 0 Å². The maximum absolute atomic E-state index is 12.1. The molecule has 9 nitrogen and oxygen atoms in total. The van der Waals surface area contributed by atoms with Crippen LogP contribution in [0.15, 0.2) is 18.2 Å². The molecule has 26 heavy (non-hydrogen) atoms. The minimum Gasteiger partial charge on any atom is -0.454 e. The lowest BCUT2D eigenvalue weighted by atomic mass is 10.2. The molecule has 0 bridgehead atoms. The van der Waals surface area contributed by atoms with Crippen LogP contribution in [0.1, 0.15) is 19.4 Å². The number of benzene rings is 1. The normalized spacial score (nSPS) is 13.0. The van der Waals surface area contributed by atoms with Crippen LogP contribution in [0, 0.1) is 0 Å². The van der Waals surface area contributed by atoms with Gasteiger partial charge in [-0.05, 0) is 31.5 Å². The van der Waals surface area contributed by atoms with E-state index in [0.29, 0.717) is 24.6 Å². The lowest BCUT2D eigenvalue weighted by Crippen LogP contribution is -3.14. The highest BCUT2D eigenvalue weighted by molar-refractivity contribution is 5.92. The van der Waals surface area contributed by atoms with Crippen molar-refractivity contribution in [2.45, 2.75) is 20.4 Å². The predicted molar refractivity (Wildman–Crippen MR) is 90.8 cm³/mol. The first kappa shape index (κ1) is 19.5. The number of imide groups is 1. The van der Waals surface area contributed by atoms with Crippen molar-refractivity contribution in [2.75, 3.05) is 33.0 Å². The fraction of sp³-hybridized carbons (Fsp3) is 0.471. The van der Waals surface area contributed by atoms with Crippen LogP contribution in [0.5, 0.6) is 11.5 Å². The number of hydrogen-bond donors (Lipinski definition) is 3. The molecule has 1 unspecified atom stereocenters. The molecule has 9 heteroatoms. The van der Waals surface area contributed by atoms with E-state index < -0.39 is 12.0 Å². The van der Waals surface area contributed by atoms with Crippen LogP contribution < -0.4 is 25.0 Å². The molecule has 1 atom stereocenters. The first-order valence-corrected chi connectivity index (χ1v) is 8.47. The summed E-state index contributed by atoms with van der Waals surface area (Å²) in [4.78, 5) is 35.8. The van der Waals surface area contributed by atoms with Gasteiger partial charge in [0.15, 0.2) is 24.6 Å². The average Bonchev–Trinajstić information content (AvgIpc) is 3.07. The maximum atomic E-state index is 12.1. The molecule has 1 aromatic carbocycles. The van der Waals surface area contributed by atoms with Gasteiger partial charge in [0.1, 0.15) is 0 Å². The number of fused-ring (bicyclic) bond motifs is 1. The highest BCUT2D eigenvalue weighted by Gasteiger charge is 2.19. The average molecular weight is 366 g/mol. The molecular weight excluding hydrogens is 342 g/mol. The van der Waals surface area contributed by atoms with E-state index in [1.807, 2.05) is 19.1 Å². The zero-order valence-corrected chi connectivity index (χ0v) is 14.9. The Balaban J connectivity index is 1.76. The van der Waals surface area contributed by atoms with Crippen LogP contribution in [0.2, 0.25) is 0 Å². The van der Waals surface area contributed by atoms with Gasteiger partial charge in [-0.1, -0.05) is 6.07 Å². The summed E-state index contributed by atoms with van der Waals surface area (Å²) in [6.45, 7) is 4.94. The SMILES string of the molecule is CCOC(=O)NC(=O)C[NH+](CC)CC(=O)NCc1ccc2c(c1)OCO2.